The number of fused-ring (bicyclic) bond motifs is 1. The van der Waals surface area contributed by atoms with Gasteiger partial charge in [0.2, 0.25) is 0 Å². The van der Waals surface area contributed by atoms with Gasteiger partial charge in [-0.3, -0.25) is 4.98 Å². The Morgan fingerprint density at radius 2 is 1.93 bits per heavy atom. The fraction of sp³-hybridized carbons (Fsp3) is 0.250. The Morgan fingerprint density at radius 1 is 1.14 bits per heavy atom. The molecule has 1 heterocycles. The Labute approximate surface area is 84.0 Å². The van der Waals surface area contributed by atoms with Crippen LogP contribution in [-0.2, 0) is 0 Å². The molecule has 0 aliphatic rings. The molecule has 2 nitrogen and oxygen atoms in total. The number of para-hydroxylation sites is 1. The van der Waals surface area contributed by atoms with Crippen molar-refractivity contribution < 1.29 is 0 Å². The Balaban J connectivity index is 2.51. The maximum absolute atomic E-state index is 4.58. The summed E-state index contributed by atoms with van der Waals surface area (Å²) in [5.74, 6) is 0. The number of aromatic nitrogens is 1. The molecular weight excluding hydrogens is 172 g/mol. The molecule has 2 aromatic rings. The molecule has 1 aromatic carbocycles. The van der Waals surface area contributed by atoms with Crippen molar-refractivity contribution in [3.8, 4) is 0 Å². The molecule has 0 bridgehead atoms. The third-order valence-corrected chi connectivity index (χ3v) is 2.50. The molecule has 1 N–H and O–H groups in total. The Hall–Kier alpha value is -1.41. The van der Waals surface area contributed by atoms with Crippen LogP contribution >= 0.6 is 0 Å². The van der Waals surface area contributed by atoms with Crippen LogP contribution in [0.1, 0.15) is 18.7 Å². The molecule has 0 radical (unpaired) electrons. The van der Waals surface area contributed by atoms with Gasteiger partial charge >= 0.3 is 0 Å². The summed E-state index contributed by atoms with van der Waals surface area (Å²) < 4.78 is 0. The molecule has 1 aromatic heterocycles. The second kappa shape index (κ2) is 3.76. The first kappa shape index (κ1) is 9.16. The van der Waals surface area contributed by atoms with Crippen molar-refractivity contribution in [2.45, 2.75) is 13.0 Å². The van der Waals surface area contributed by atoms with Crippen LogP contribution in [0.15, 0.2) is 36.4 Å². The Morgan fingerprint density at radius 3 is 2.71 bits per heavy atom. The zero-order valence-corrected chi connectivity index (χ0v) is 8.49. The van der Waals surface area contributed by atoms with Crippen LogP contribution in [0, 0.1) is 0 Å². The maximum atomic E-state index is 4.58. The monoisotopic (exact) mass is 186 g/mol. The molecule has 0 saturated heterocycles. The summed E-state index contributed by atoms with van der Waals surface area (Å²) >= 11 is 0. The fourth-order valence-electron chi connectivity index (χ4n) is 1.47. The summed E-state index contributed by atoms with van der Waals surface area (Å²) in [5, 5.41) is 4.38. The fourth-order valence-corrected chi connectivity index (χ4v) is 1.47. The molecule has 72 valence electrons. The summed E-state index contributed by atoms with van der Waals surface area (Å²) in [5.41, 5.74) is 2.15. The van der Waals surface area contributed by atoms with Crippen LogP contribution in [0.25, 0.3) is 10.9 Å². The van der Waals surface area contributed by atoms with Crippen LogP contribution in [0.3, 0.4) is 0 Å². The molecule has 0 amide bonds. The number of benzene rings is 1. The smallest absolute Gasteiger partial charge is 0.0706 e. The van der Waals surface area contributed by atoms with Crippen molar-refractivity contribution in [1.82, 2.24) is 10.3 Å². The van der Waals surface area contributed by atoms with E-state index in [4.69, 9.17) is 0 Å². The van der Waals surface area contributed by atoms with E-state index in [1.54, 1.807) is 0 Å². The Kier molecular flexibility index (Phi) is 2.46. The van der Waals surface area contributed by atoms with Gasteiger partial charge in [-0.05, 0) is 26.1 Å². The lowest BCUT2D eigenvalue weighted by atomic mass is 10.1. The molecular formula is C12H14N2. The first-order chi connectivity index (χ1) is 6.81. The molecule has 0 aliphatic heterocycles. The Bertz CT molecular complexity index is 437. The minimum atomic E-state index is 0.305. The van der Waals surface area contributed by atoms with E-state index < -0.39 is 0 Å². The SMILES string of the molecule is CN[C@H](C)c1ccc2ccccc2n1. The average molecular weight is 186 g/mol. The van der Waals surface area contributed by atoms with Crippen molar-refractivity contribution in [3.63, 3.8) is 0 Å². The van der Waals surface area contributed by atoms with Crippen LogP contribution < -0.4 is 5.32 Å². The van der Waals surface area contributed by atoms with E-state index >= 15 is 0 Å². The molecule has 2 heteroatoms. The molecule has 14 heavy (non-hydrogen) atoms. The minimum Gasteiger partial charge on any atom is -0.312 e. The highest BCUT2D eigenvalue weighted by Crippen LogP contribution is 2.15. The van der Waals surface area contributed by atoms with E-state index in [1.807, 2.05) is 25.2 Å². The van der Waals surface area contributed by atoms with Gasteiger partial charge in [-0.2, -0.15) is 0 Å². The summed E-state index contributed by atoms with van der Waals surface area (Å²) in [6.45, 7) is 2.11. The number of pyridine rings is 1. The maximum Gasteiger partial charge on any atom is 0.0706 e. The molecule has 2 rings (SSSR count). The normalized spacial score (nSPS) is 13.0. The highest BCUT2D eigenvalue weighted by molar-refractivity contribution is 5.78. The molecule has 0 saturated carbocycles. The van der Waals surface area contributed by atoms with Gasteiger partial charge in [0.05, 0.1) is 11.2 Å². The zero-order chi connectivity index (χ0) is 9.97. The van der Waals surface area contributed by atoms with E-state index in [2.05, 4.69) is 35.4 Å². The summed E-state index contributed by atoms with van der Waals surface area (Å²) in [7, 11) is 1.95. The van der Waals surface area contributed by atoms with Gasteiger partial charge in [-0.1, -0.05) is 24.3 Å². The molecule has 0 fully saturated rings. The quantitative estimate of drug-likeness (QED) is 0.779. The number of nitrogens with zero attached hydrogens (tertiary/aromatic N) is 1. The van der Waals surface area contributed by atoms with Crippen LogP contribution in [0.5, 0.6) is 0 Å². The van der Waals surface area contributed by atoms with E-state index in [0.29, 0.717) is 6.04 Å². The van der Waals surface area contributed by atoms with E-state index in [9.17, 15) is 0 Å². The summed E-state index contributed by atoms with van der Waals surface area (Å²) in [4.78, 5) is 4.58. The lowest BCUT2D eigenvalue weighted by Gasteiger charge is -2.09. The van der Waals surface area contributed by atoms with E-state index in [1.165, 1.54) is 5.39 Å². The highest BCUT2D eigenvalue weighted by atomic mass is 14.9. The largest absolute Gasteiger partial charge is 0.312 e. The van der Waals surface area contributed by atoms with Gasteiger partial charge in [-0.15, -0.1) is 0 Å². The predicted molar refractivity (Wildman–Crippen MR) is 59.2 cm³/mol. The molecule has 1 atom stereocenters. The predicted octanol–water partition coefficient (Wildman–Crippen LogP) is 2.52. The van der Waals surface area contributed by atoms with Crippen molar-refractivity contribution in [2.24, 2.45) is 0 Å². The van der Waals surface area contributed by atoms with Crippen LogP contribution in [0.2, 0.25) is 0 Å². The van der Waals surface area contributed by atoms with Gasteiger partial charge in [-0.25, -0.2) is 0 Å². The molecule has 0 spiro atoms. The third kappa shape index (κ3) is 1.61. The first-order valence-corrected chi connectivity index (χ1v) is 4.84. The zero-order valence-electron chi connectivity index (χ0n) is 8.49. The molecule has 0 unspecified atom stereocenters. The third-order valence-electron chi connectivity index (χ3n) is 2.50. The van der Waals surface area contributed by atoms with Crippen molar-refractivity contribution in [3.05, 3.63) is 42.1 Å². The second-order valence-electron chi connectivity index (χ2n) is 3.44. The summed E-state index contributed by atoms with van der Waals surface area (Å²) in [6, 6.07) is 12.7. The van der Waals surface area contributed by atoms with Crippen molar-refractivity contribution >= 4 is 10.9 Å². The first-order valence-electron chi connectivity index (χ1n) is 4.84. The van der Waals surface area contributed by atoms with Gasteiger partial charge in [0.25, 0.3) is 0 Å². The number of hydrogen-bond donors (Lipinski definition) is 1. The topological polar surface area (TPSA) is 24.9 Å². The average Bonchev–Trinajstić information content (AvgIpc) is 2.27. The lowest BCUT2D eigenvalue weighted by Crippen LogP contribution is -2.13. The van der Waals surface area contributed by atoms with Crippen LogP contribution in [0.4, 0.5) is 0 Å². The lowest BCUT2D eigenvalue weighted by molar-refractivity contribution is 0.635. The van der Waals surface area contributed by atoms with Gasteiger partial charge < -0.3 is 5.32 Å². The van der Waals surface area contributed by atoms with E-state index in [-0.39, 0.29) is 0 Å². The summed E-state index contributed by atoms with van der Waals surface area (Å²) in [6.07, 6.45) is 0. The number of nitrogens with one attached hydrogen (secondary N) is 1. The highest BCUT2D eigenvalue weighted by Gasteiger charge is 2.03. The second-order valence-corrected chi connectivity index (χ2v) is 3.44. The van der Waals surface area contributed by atoms with Crippen molar-refractivity contribution in [1.29, 1.82) is 0 Å². The van der Waals surface area contributed by atoms with Gasteiger partial charge in [0, 0.05) is 11.4 Å². The minimum absolute atomic E-state index is 0.305. The van der Waals surface area contributed by atoms with Crippen LogP contribution in [-0.4, -0.2) is 12.0 Å². The molecule has 0 aliphatic carbocycles. The van der Waals surface area contributed by atoms with Gasteiger partial charge in [0.1, 0.15) is 0 Å². The number of rotatable bonds is 2. The van der Waals surface area contributed by atoms with Crippen molar-refractivity contribution in [2.75, 3.05) is 7.05 Å². The van der Waals surface area contributed by atoms with Gasteiger partial charge in [0.15, 0.2) is 0 Å². The van der Waals surface area contributed by atoms with E-state index in [0.717, 1.165) is 11.2 Å². The standard InChI is InChI=1S/C12H14N2/c1-9(13-2)11-8-7-10-5-3-4-6-12(10)14-11/h3-9,13H,1-2H3/t9-/m1/s1. The number of hydrogen-bond acceptors (Lipinski definition) is 2.